The molecule has 1 fully saturated rings. The quantitative estimate of drug-likeness (QED) is 0.590. The molecule has 106 valence electrons. The minimum Gasteiger partial charge on any atom is -0.369 e. The minimum atomic E-state index is -0.252. The molecule has 0 amide bonds. The second kappa shape index (κ2) is 7.24. The normalized spacial score (nSPS) is 20.2. The smallest absolute Gasteiger partial charge is 0.101 e. The minimum absolute atomic E-state index is 0.252. The summed E-state index contributed by atoms with van der Waals surface area (Å²) >= 11 is 7.26. The lowest BCUT2D eigenvalue weighted by atomic mass is 9.89. The molecule has 0 bridgehead atoms. The van der Waals surface area contributed by atoms with E-state index in [2.05, 4.69) is 57.0 Å². The summed E-state index contributed by atoms with van der Waals surface area (Å²) in [5.41, 5.74) is 0.972. The van der Waals surface area contributed by atoms with Crippen molar-refractivity contribution in [3.05, 3.63) is 34.3 Å². The molecule has 0 aromatic heterocycles. The summed E-state index contributed by atoms with van der Waals surface area (Å²) in [5, 5.41) is 0.815. The molecule has 1 unspecified atom stereocenters. The molecular formula is C16H22Br2O. The average molecular weight is 390 g/mol. The Balaban J connectivity index is 2.03. The lowest BCUT2D eigenvalue weighted by molar-refractivity contribution is -0.0408. The van der Waals surface area contributed by atoms with Gasteiger partial charge in [0.1, 0.15) is 5.60 Å². The van der Waals surface area contributed by atoms with Gasteiger partial charge in [-0.05, 0) is 37.3 Å². The first-order valence-electron chi connectivity index (χ1n) is 7.10. The maximum atomic E-state index is 6.31. The van der Waals surface area contributed by atoms with Crippen molar-refractivity contribution in [1.82, 2.24) is 0 Å². The number of hydrogen-bond donors (Lipinski definition) is 0. The highest BCUT2D eigenvalue weighted by Crippen LogP contribution is 2.35. The van der Waals surface area contributed by atoms with Crippen LogP contribution in [0, 0.1) is 5.92 Å². The molecule has 1 aliphatic carbocycles. The van der Waals surface area contributed by atoms with Gasteiger partial charge in [-0.2, -0.15) is 0 Å². The number of hydrogen-bond acceptors (Lipinski definition) is 1. The third-order valence-corrected chi connectivity index (χ3v) is 5.82. The van der Waals surface area contributed by atoms with Gasteiger partial charge in [-0.3, -0.25) is 0 Å². The molecule has 0 saturated heterocycles. The van der Waals surface area contributed by atoms with Crippen LogP contribution in [0.25, 0.3) is 0 Å². The fourth-order valence-electron chi connectivity index (χ4n) is 2.73. The first kappa shape index (κ1) is 15.5. The molecule has 2 rings (SSSR count). The van der Waals surface area contributed by atoms with Gasteiger partial charge in [-0.1, -0.05) is 69.3 Å². The summed E-state index contributed by atoms with van der Waals surface area (Å²) in [7, 11) is 0. The Bertz CT molecular complexity index is 401. The van der Waals surface area contributed by atoms with E-state index in [4.69, 9.17) is 4.74 Å². The Morgan fingerprint density at radius 1 is 1.21 bits per heavy atom. The van der Waals surface area contributed by atoms with Gasteiger partial charge in [-0.15, -0.1) is 0 Å². The fraction of sp³-hybridized carbons (Fsp3) is 0.625. The molecule has 0 radical (unpaired) electrons. The summed E-state index contributed by atoms with van der Waals surface area (Å²) in [6.07, 6.45) is 6.79. The molecule has 1 aliphatic rings. The fourth-order valence-corrected chi connectivity index (χ4v) is 3.90. The van der Waals surface area contributed by atoms with Gasteiger partial charge in [0.15, 0.2) is 0 Å². The lowest BCUT2D eigenvalue weighted by Gasteiger charge is -2.32. The number of halogens is 2. The van der Waals surface area contributed by atoms with E-state index in [0.29, 0.717) is 0 Å². The zero-order valence-corrected chi connectivity index (χ0v) is 14.7. The van der Waals surface area contributed by atoms with Crippen LogP contribution in [0.2, 0.25) is 0 Å². The largest absolute Gasteiger partial charge is 0.369 e. The van der Waals surface area contributed by atoms with Crippen LogP contribution < -0.4 is 0 Å². The highest BCUT2D eigenvalue weighted by molar-refractivity contribution is 9.10. The summed E-state index contributed by atoms with van der Waals surface area (Å²) in [6.45, 7) is 3.05. The van der Waals surface area contributed by atoms with Crippen LogP contribution in [0.15, 0.2) is 28.7 Å². The van der Waals surface area contributed by atoms with Gasteiger partial charge in [0.05, 0.1) is 6.61 Å². The van der Waals surface area contributed by atoms with Crippen LogP contribution in [0.5, 0.6) is 0 Å². The average Bonchev–Trinajstić information content (AvgIpc) is 2.46. The third-order valence-electron chi connectivity index (χ3n) is 4.06. The standard InChI is InChI=1S/C16H22Br2O/c1-16(12-17,14-9-5-6-10-15(14)18)19-11-13-7-3-2-4-8-13/h5-6,9-10,13H,2-4,7-8,11-12H2,1H3. The molecule has 0 N–H and O–H groups in total. The first-order valence-corrected chi connectivity index (χ1v) is 9.02. The maximum absolute atomic E-state index is 6.31. The molecule has 0 aliphatic heterocycles. The van der Waals surface area contributed by atoms with E-state index in [1.54, 1.807) is 0 Å². The van der Waals surface area contributed by atoms with Gasteiger partial charge in [-0.25, -0.2) is 0 Å². The third kappa shape index (κ3) is 4.05. The predicted molar refractivity (Wildman–Crippen MR) is 87.8 cm³/mol. The molecule has 19 heavy (non-hydrogen) atoms. The zero-order chi connectivity index (χ0) is 13.7. The molecule has 1 aromatic carbocycles. The van der Waals surface area contributed by atoms with E-state index in [0.717, 1.165) is 22.3 Å². The van der Waals surface area contributed by atoms with E-state index < -0.39 is 0 Å². The Kier molecular flexibility index (Phi) is 5.91. The van der Waals surface area contributed by atoms with Crippen molar-refractivity contribution in [2.24, 2.45) is 5.92 Å². The van der Waals surface area contributed by atoms with Crippen LogP contribution in [0.1, 0.15) is 44.6 Å². The second-order valence-corrected chi connectivity index (χ2v) is 7.07. The molecule has 1 atom stereocenters. The predicted octanol–water partition coefficient (Wildman–Crippen LogP) is 5.66. The van der Waals surface area contributed by atoms with Crippen molar-refractivity contribution in [3.63, 3.8) is 0 Å². The SMILES string of the molecule is CC(CBr)(OCC1CCCCC1)c1ccccc1Br. The molecule has 3 heteroatoms. The van der Waals surface area contributed by atoms with Crippen molar-refractivity contribution in [2.75, 3.05) is 11.9 Å². The number of alkyl halides is 1. The lowest BCUT2D eigenvalue weighted by Crippen LogP contribution is -2.31. The van der Waals surface area contributed by atoms with Crippen molar-refractivity contribution in [1.29, 1.82) is 0 Å². The van der Waals surface area contributed by atoms with Gasteiger partial charge >= 0.3 is 0 Å². The van der Waals surface area contributed by atoms with E-state index in [9.17, 15) is 0 Å². The number of benzene rings is 1. The monoisotopic (exact) mass is 388 g/mol. The molecule has 1 saturated carbocycles. The maximum Gasteiger partial charge on any atom is 0.101 e. The highest BCUT2D eigenvalue weighted by atomic mass is 79.9. The van der Waals surface area contributed by atoms with Crippen molar-refractivity contribution in [3.8, 4) is 0 Å². The molecule has 1 nitrogen and oxygen atoms in total. The van der Waals surface area contributed by atoms with Gasteiger partial charge in [0.2, 0.25) is 0 Å². The summed E-state index contributed by atoms with van der Waals surface area (Å²) in [6, 6.07) is 8.35. The second-order valence-electron chi connectivity index (χ2n) is 5.66. The Labute approximate surface area is 133 Å². The molecule has 0 spiro atoms. The van der Waals surface area contributed by atoms with E-state index in [1.807, 2.05) is 6.07 Å². The summed E-state index contributed by atoms with van der Waals surface area (Å²) in [5.74, 6) is 0.745. The Morgan fingerprint density at radius 3 is 2.53 bits per heavy atom. The van der Waals surface area contributed by atoms with Gasteiger partial charge in [0.25, 0.3) is 0 Å². The van der Waals surface area contributed by atoms with Gasteiger partial charge < -0.3 is 4.74 Å². The van der Waals surface area contributed by atoms with Crippen molar-refractivity contribution >= 4 is 31.9 Å². The van der Waals surface area contributed by atoms with E-state index >= 15 is 0 Å². The van der Waals surface area contributed by atoms with Crippen LogP contribution in [0.3, 0.4) is 0 Å². The van der Waals surface area contributed by atoms with Gasteiger partial charge in [0, 0.05) is 9.80 Å². The summed E-state index contributed by atoms with van der Waals surface area (Å²) < 4.78 is 7.43. The number of ether oxygens (including phenoxy) is 1. The first-order chi connectivity index (χ1) is 9.15. The summed E-state index contributed by atoms with van der Waals surface area (Å²) in [4.78, 5) is 0. The van der Waals surface area contributed by atoms with Crippen LogP contribution >= 0.6 is 31.9 Å². The van der Waals surface area contributed by atoms with Crippen LogP contribution in [-0.4, -0.2) is 11.9 Å². The topological polar surface area (TPSA) is 9.23 Å². The van der Waals surface area contributed by atoms with Crippen LogP contribution in [-0.2, 0) is 10.3 Å². The Hall–Kier alpha value is 0.140. The van der Waals surface area contributed by atoms with Crippen molar-refractivity contribution in [2.45, 2.75) is 44.6 Å². The van der Waals surface area contributed by atoms with E-state index in [1.165, 1.54) is 37.7 Å². The molecule has 0 heterocycles. The number of rotatable bonds is 5. The molecular weight excluding hydrogens is 368 g/mol. The van der Waals surface area contributed by atoms with Crippen LogP contribution in [0.4, 0.5) is 0 Å². The Morgan fingerprint density at radius 2 is 1.89 bits per heavy atom. The van der Waals surface area contributed by atoms with Crippen molar-refractivity contribution < 1.29 is 4.74 Å². The highest BCUT2D eigenvalue weighted by Gasteiger charge is 2.29. The van der Waals surface area contributed by atoms with E-state index in [-0.39, 0.29) is 5.60 Å². The molecule has 1 aromatic rings. The zero-order valence-electron chi connectivity index (χ0n) is 11.5.